The molecule has 150 valence electrons. The standard InChI is InChI=1S/C20H24BrN3O2S2/c1-5-20(13-27-19(23-20)22-18-9-7-6-8-14(18)2)16-12-15(10-11-17(16)21)28(25,26)24(3)4/h6-12H,5,13H2,1-4H3,(H,22,23). The van der Waals surface area contributed by atoms with Crippen LogP contribution in [0.3, 0.4) is 0 Å². The van der Waals surface area contributed by atoms with E-state index in [1.807, 2.05) is 18.2 Å². The van der Waals surface area contributed by atoms with E-state index < -0.39 is 15.6 Å². The number of hydrogen-bond donors (Lipinski definition) is 1. The monoisotopic (exact) mass is 481 g/mol. The predicted octanol–water partition coefficient (Wildman–Crippen LogP) is 4.83. The highest BCUT2D eigenvalue weighted by molar-refractivity contribution is 9.10. The highest BCUT2D eigenvalue weighted by Crippen LogP contribution is 2.43. The van der Waals surface area contributed by atoms with Crippen LogP contribution in [0.25, 0.3) is 0 Å². The molecule has 0 saturated carbocycles. The molecule has 28 heavy (non-hydrogen) atoms. The lowest BCUT2D eigenvalue weighted by molar-refractivity contribution is 0.492. The molecule has 0 bridgehead atoms. The summed E-state index contributed by atoms with van der Waals surface area (Å²) in [6, 6.07) is 13.3. The Morgan fingerprint density at radius 3 is 2.61 bits per heavy atom. The Morgan fingerprint density at radius 2 is 1.96 bits per heavy atom. The van der Waals surface area contributed by atoms with Crippen molar-refractivity contribution in [3.63, 3.8) is 0 Å². The molecule has 0 fully saturated rings. The number of thioether (sulfide) groups is 1. The second-order valence-corrected chi connectivity index (χ2v) is 10.9. The van der Waals surface area contributed by atoms with E-state index >= 15 is 0 Å². The topological polar surface area (TPSA) is 61.8 Å². The van der Waals surface area contributed by atoms with Crippen LogP contribution in [-0.4, -0.2) is 37.7 Å². The first-order chi connectivity index (χ1) is 13.2. The number of nitrogens with zero attached hydrogens (tertiary/aromatic N) is 2. The van der Waals surface area contributed by atoms with Crippen LogP contribution < -0.4 is 5.32 Å². The number of halogens is 1. The molecule has 5 nitrogen and oxygen atoms in total. The van der Waals surface area contributed by atoms with Gasteiger partial charge in [-0.3, -0.25) is 0 Å². The zero-order chi connectivity index (χ0) is 20.5. The van der Waals surface area contributed by atoms with Crippen LogP contribution in [0.2, 0.25) is 0 Å². The lowest BCUT2D eigenvalue weighted by atomic mass is 9.90. The average Bonchev–Trinajstić information content (AvgIpc) is 3.08. The first-order valence-electron chi connectivity index (χ1n) is 8.97. The van der Waals surface area contributed by atoms with Crippen LogP contribution in [0.1, 0.15) is 24.5 Å². The van der Waals surface area contributed by atoms with Crippen molar-refractivity contribution in [1.29, 1.82) is 0 Å². The van der Waals surface area contributed by atoms with Crippen LogP contribution in [0.4, 0.5) is 5.69 Å². The molecular weight excluding hydrogens is 458 g/mol. The summed E-state index contributed by atoms with van der Waals surface area (Å²) in [5.41, 5.74) is 2.60. The van der Waals surface area contributed by atoms with E-state index in [1.54, 1.807) is 44.1 Å². The number of nitrogens with one attached hydrogen (secondary N) is 1. The van der Waals surface area contributed by atoms with Crippen molar-refractivity contribution in [2.75, 3.05) is 25.2 Å². The molecular formula is C20H24BrN3O2S2. The van der Waals surface area contributed by atoms with Gasteiger partial charge in [0.1, 0.15) is 0 Å². The van der Waals surface area contributed by atoms with Gasteiger partial charge < -0.3 is 5.32 Å². The molecule has 0 radical (unpaired) electrons. The van der Waals surface area contributed by atoms with E-state index in [0.29, 0.717) is 0 Å². The number of aryl methyl sites for hydroxylation is 1. The molecule has 1 unspecified atom stereocenters. The maximum atomic E-state index is 12.6. The van der Waals surface area contributed by atoms with Crippen LogP contribution in [0.5, 0.6) is 0 Å². The smallest absolute Gasteiger partial charge is 0.242 e. The summed E-state index contributed by atoms with van der Waals surface area (Å²) in [7, 11) is -0.423. The fourth-order valence-corrected chi connectivity index (χ4v) is 5.85. The Balaban J connectivity index is 2.01. The minimum atomic E-state index is -3.51. The van der Waals surface area contributed by atoms with Crippen molar-refractivity contribution in [2.24, 2.45) is 4.99 Å². The van der Waals surface area contributed by atoms with Gasteiger partial charge in [0.05, 0.1) is 10.4 Å². The molecule has 2 aromatic carbocycles. The van der Waals surface area contributed by atoms with Gasteiger partial charge in [0, 0.05) is 30.0 Å². The van der Waals surface area contributed by atoms with Gasteiger partial charge in [0.15, 0.2) is 5.17 Å². The average molecular weight is 482 g/mol. The summed E-state index contributed by atoms with van der Waals surface area (Å²) in [4.78, 5) is 5.29. The molecule has 1 N–H and O–H groups in total. The highest BCUT2D eigenvalue weighted by Gasteiger charge is 2.38. The fraction of sp³-hybridized carbons (Fsp3) is 0.350. The lowest BCUT2D eigenvalue weighted by Crippen LogP contribution is -2.26. The quantitative estimate of drug-likeness (QED) is 0.664. The summed E-state index contributed by atoms with van der Waals surface area (Å²) in [6.45, 7) is 4.14. The lowest BCUT2D eigenvalue weighted by Gasteiger charge is -2.26. The van der Waals surface area contributed by atoms with Gasteiger partial charge in [0.2, 0.25) is 10.0 Å². The SMILES string of the molecule is CCC1(c2cc(S(=O)(=O)N(C)C)ccc2Br)CSC(Nc2ccccc2C)=N1. The number of para-hydroxylation sites is 1. The molecule has 1 atom stereocenters. The van der Waals surface area contributed by atoms with Gasteiger partial charge in [-0.15, -0.1) is 0 Å². The van der Waals surface area contributed by atoms with Crippen molar-refractivity contribution < 1.29 is 8.42 Å². The third-order valence-electron chi connectivity index (χ3n) is 4.95. The molecule has 2 aromatic rings. The highest BCUT2D eigenvalue weighted by atomic mass is 79.9. The first-order valence-corrected chi connectivity index (χ1v) is 12.2. The van der Waals surface area contributed by atoms with Crippen LogP contribution in [-0.2, 0) is 15.6 Å². The van der Waals surface area contributed by atoms with E-state index in [9.17, 15) is 8.42 Å². The zero-order valence-corrected chi connectivity index (χ0v) is 19.6. The number of amidine groups is 1. The van der Waals surface area contributed by atoms with Gasteiger partial charge in [0.25, 0.3) is 0 Å². The maximum absolute atomic E-state index is 12.6. The Morgan fingerprint density at radius 1 is 1.25 bits per heavy atom. The normalized spacial score (nSPS) is 19.7. The second-order valence-electron chi connectivity index (χ2n) is 6.96. The third kappa shape index (κ3) is 4.01. The number of sulfonamides is 1. The van der Waals surface area contributed by atoms with Gasteiger partial charge >= 0.3 is 0 Å². The van der Waals surface area contributed by atoms with Crippen LogP contribution in [0, 0.1) is 6.92 Å². The summed E-state index contributed by atoms with van der Waals surface area (Å²) in [5, 5.41) is 4.27. The van der Waals surface area contributed by atoms with Crippen molar-refractivity contribution in [3.05, 3.63) is 58.1 Å². The molecule has 1 heterocycles. The van der Waals surface area contributed by atoms with E-state index in [4.69, 9.17) is 4.99 Å². The number of anilines is 1. The maximum Gasteiger partial charge on any atom is 0.242 e. The fourth-order valence-electron chi connectivity index (χ4n) is 3.08. The number of rotatable bonds is 5. The Bertz CT molecular complexity index is 1020. The molecule has 0 spiro atoms. The largest absolute Gasteiger partial charge is 0.335 e. The third-order valence-corrected chi connectivity index (χ3v) is 8.54. The summed E-state index contributed by atoms with van der Waals surface area (Å²) in [6.07, 6.45) is 0.767. The predicted molar refractivity (Wildman–Crippen MR) is 122 cm³/mol. The molecule has 0 amide bonds. The van der Waals surface area contributed by atoms with Crippen LogP contribution in [0.15, 0.2) is 56.8 Å². The minimum absolute atomic E-state index is 0.282. The first kappa shape index (κ1) is 21.4. The molecule has 0 aliphatic carbocycles. The Labute approximate surface area is 179 Å². The summed E-state index contributed by atoms with van der Waals surface area (Å²) >= 11 is 5.27. The minimum Gasteiger partial charge on any atom is -0.335 e. The van der Waals surface area contributed by atoms with E-state index in [0.717, 1.165) is 38.6 Å². The van der Waals surface area contributed by atoms with E-state index in [-0.39, 0.29) is 4.90 Å². The Hall–Kier alpha value is -1.35. The van der Waals surface area contributed by atoms with Crippen LogP contribution >= 0.6 is 27.7 Å². The van der Waals surface area contributed by atoms with Gasteiger partial charge in [-0.2, -0.15) is 0 Å². The number of hydrogen-bond acceptors (Lipinski definition) is 5. The summed E-state index contributed by atoms with van der Waals surface area (Å²) < 4.78 is 27.3. The van der Waals surface area contributed by atoms with E-state index in [1.165, 1.54) is 4.31 Å². The molecule has 1 aliphatic rings. The number of benzene rings is 2. The Kier molecular flexibility index (Phi) is 6.24. The molecule has 3 rings (SSSR count). The van der Waals surface area contributed by atoms with Crippen molar-refractivity contribution in [2.45, 2.75) is 30.7 Å². The van der Waals surface area contributed by atoms with Gasteiger partial charge in [-0.25, -0.2) is 17.7 Å². The second kappa shape index (κ2) is 8.18. The molecule has 8 heteroatoms. The molecule has 0 aromatic heterocycles. The van der Waals surface area contributed by atoms with E-state index in [2.05, 4.69) is 41.2 Å². The molecule has 0 saturated heterocycles. The van der Waals surface area contributed by atoms with Crippen molar-refractivity contribution in [1.82, 2.24) is 4.31 Å². The summed E-state index contributed by atoms with van der Waals surface area (Å²) in [5.74, 6) is 0.752. The molecule has 1 aliphatic heterocycles. The van der Waals surface area contributed by atoms with Gasteiger partial charge in [-0.05, 0) is 48.7 Å². The van der Waals surface area contributed by atoms with Gasteiger partial charge in [-0.1, -0.05) is 52.8 Å². The number of aliphatic imine (C=N–C) groups is 1. The van der Waals surface area contributed by atoms with Crippen molar-refractivity contribution in [3.8, 4) is 0 Å². The van der Waals surface area contributed by atoms with Crippen molar-refractivity contribution >= 4 is 48.6 Å². The zero-order valence-electron chi connectivity index (χ0n) is 16.4.